The second kappa shape index (κ2) is 7.84. The van der Waals surface area contributed by atoms with E-state index in [9.17, 15) is 4.79 Å². The molecule has 2 N–H and O–H groups in total. The summed E-state index contributed by atoms with van der Waals surface area (Å²) < 4.78 is 16.7. The van der Waals surface area contributed by atoms with Crippen molar-refractivity contribution in [2.24, 2.45) is 0 Å². The molecule has 9 nitrogen and oxygen atoms in total. The third-order valence-corrected chi connectivity index (χ3v) is 5.59. The smallest absolute Gasteiger partial charge is 0.241 e. The maximum absolute atomic E-state index is 12.9. The van der Waals surface area contributed by atoms with Crippen molar-refractivity contribution in [3.05, 3.63) is 42.1 Å². The summed E-state index contributed by atoms with van der Waals surface area (Å²) in [7, 11) is 0. The largest absolute Gasteiger partial charge is 0.473 e. The molecule has 2 fully saturated rings. The summed E-state index contributed by atoms with van der Waals surface area (Å²) >= 11 is 0. The van der Waals surface area contributed by atoms with Crippen LogP contribution in [0.15, 0.2) is 36.5 Å². The third kappa shape index (κ3) is 3.83. The lowest BCUT2D eigenvalue weighted by Gasteiger charge is -2.33. The summed E-state index contributed by atoms with van der Waals surface area (Å²) in [5.41, 5.74) is 7.48. The number of rotatable bonds is 4. The molecule has 29 heavy (non-hydrogen) atoms. The molecule has 2 saturated heterocycles. The van der Waals surface area contributed by atoms with Crippen LogP contribution >= 0.6 is 0 Å². The molecule has 1 aromatic heterocycles. The van der Waals surface area contributed by atoms with E-state index >= 15 is 0 Å². The lowest BCUT2D eigenvalue weighted by molar-refractivity contribution is -0.135. The van der Waals surface area contributed by atoms with Crippen LogP contribution in [0.5, 0.6) is 17.4 Å². The van der Waals surface area contributed by atoms with Gasteiger partial charge in [0.15, 0.2) is 11.5 Å². The van der Waals surface area contributed by atoms with Crippen molar-refractivity contribution >= 4 is 5.91 Å². The molecular weight excluding hydrogens is 374 g/mol. The monoisotopic (exact) mass is 397 g/mol. The predicted octanol–water partition coefficient (Wildman–Crippen LogP) is 1.18. The normalized spacial score (nSPS) is 23.9. The van der Waals surface area contributed by atoms with E-state index in [1.165, 1.54) is 0 Å². The highest BCUT2D eigenvalue weighted by atomic mass is 16.7. The number of aromatic nitrogens is 2. The highest BCUT2D eigenvalue weighted by Crippen LogP contribution is 2.35. The van der Waals surface area contributed by atoms with E-state index in [0.29, 0.717) is 25.4 Å². The lowest BCUT2D eigenvalue weighted by Crippen LogP contribution is -2.49. The first kappa shape index (κ1) is 18.1. The number of benzene rings is 1. The maximum atomic E-state index is 12.9. The quantitative estimate of drug-likeness (QED) is 0.794. The summed E-state index contributed by atoms with van der Waals surface area (Å²) in [5.74, 6) is 2.17. The zero-order valence-electron chi connectivity index (χ0n) is 15.9. The van der Waals surface area contributed by atoms with Gasteiger partial charge in [0.05, 0.1) is 0 Å². The van der Waals surface area contributed by atoms with Gasteiger partial charge in [-0.2, -0.15) is 5.10 Å². The third-order valence-electron chi connectivity index (χ3n) is 5.59. The molecule has 0 bridgehead atoms. The zero-order chi connectivity index (χ0) is 19.6. The van der Waals surface area contributed by atoms with E-state index in [-0.39, 0.29) is 30.9 Å². The molecule has 2 unspecified atom stereocenters. The van der Waals surface area contributed by atoms with E-state index in [1.54, 1.807) is 18.3 Å². The van der Waals surface area contributed by atoms with Crippen LogP contribution in [0.25, 0.3) is 0 Å². The number of fused-ring (bicyclic) bond motifs is 1. The van der Waals surface area contributed by atoms with E-state index in [0.717, 1.165) is 29.9 Å². The number of hydrazine groups is 1. The summed E-state index contributed by atoms with van der Waals surface area (Å²) in [6.45, 7) is 1.61. The van der Waals surface area contributed by atoms with Crippen molar-refractivity contribution in [1.82, 2.24) is 25.9 Å². The minimum atomic E-state index is -0.247. The molecule has 1 aromatic carbocycles. The molecule has 4 heterocycles. The number of ether oxygens (including phenoxy) is 3. The summed E-state index contributed by atoms with van der Waals surface area (Å²) in [4.78, 5) is 14.9. The van der Waals surface area contributed by atoms with E-state index in [1.807, 2.05) is 23.1 Å². The maximum Gasteiger partial charge on any atom is 0.241 e. The van der Waals surface area contributed by atoms with Crippen molar-refractivity contribution in [3.63, 3.8) is 0 Å². The fourth-order valence-corrected chi connectivity index (χ4v) is 4.00. The molecule has 0 aliphatic carbocycles. The number of hydrogen-bond donors (Lipinski definition) is 2. The van der Waals surface area contributed by atoms with Gasteiger partial charge in [-0.1, -0.05) is 6.07 Å². The Labute approximate surface area is 168 Å². The number of hydrogen-bond acceptors (Lipinski definition) is 8. The van der Waals surface area contributed by atoms with Crippen molar-refractivity contribution in [2.45, 2.75) is 37.5 Å². The van der Waals surface area contributed by atoms with Gasteiger partial charge in [-0.05, 0) is 30.2 Å². The molecule has 0 saturated carbocycles. The van der Waals surface area contributed by atoms with Crippen LogP contribution in [-0.4, -0.2) is 53.0 Å². The van der Waals surface area contributed by atoms with Crippen LogP contribution in [0.1, 0.15) is 30.9 Å². The van der Waals surface area contributed by atoms with Gasteiger partial charge in [0, 0.05) is 44.2 Å². The molecular formula is C20H23N5O4. The molecule has 9 heteroatoms. The Morgan fingerprint density at radius 2 is 2.00 bits per heavy atom. The van der Waals surface area contributed by atoms with Gasteiger partial charge in [0.2, 0.25) is 18.6 Å². The number of likely N-dealkylation sites (tertiary alicyclic amines) is 1. The fourth-order valence-electron chi connectivity index (χ4n) is 4.00. The highest BCUT2D eigenvalue weighted by Gasteiger charge is 2.35. The minimum Gasteiger partial charge on any atom is -0.473 e. The molecule has 0 radical (unpaired) electrons. The average Bonchev–Trinajstić information content (AvgIpc) is 3.44. The summed E-state index contributed by atoms with van der Waals surface area (Å²) in [6, 6.07) is 9.30. The van der Waals surface area contributed by atoms with Gasteiger partial charge in [0.25, 0.3) is 0 Å². The summed E-state index contributed by atoms with van der Waals surface area (Å²) in [5, 5.41) is 7.79. The number of nitrogens with zero attached hydrogens (tertiary/aromatic N) is 3. The topological polar surface area (TPSA) is 97.8 Å². The van der Waals surface area contributed by atoms with Crippen molar-refractivity contribution in [3.8, 4) is 17.4 Å². The number of amides is 1. The molecule has 2 aromatic rings. The van der Waals surface area contributed by atoms with Gasteiger partial charge in [-0.3, -0.25) is 4.79 Å². The van der Waals surface area contributed by atoms with Crippen LogP contribution < -0.4 is 25.1 Å². The molecule has 1 amide bonds. The number of nitrogens with one attached hydrogen (secondary N) is 2. The Balaban J connectivity index is 1.14. The molecule has 0 spiro atoms. The molecule has 152 valence electrons. The van der Waals surface area contributed by atoms with Crippen LogP contribution in [0, 0.1) is 0 Å². The van der Waals surface area contributed by atoms with Crippen molar-refractivity contribution in [1.29, 1.82) is 0 Å². The molecule has 5 rings (SSSR count). The van der Waals surface area contributed by atoms with Gasteiger partial charge in [-0.15, -0.1) is 5.10 Å². The lowest BCUT2D eigenvalue weighted by atomic mass is 10.00. The van der Waals surface area contributed by atoms with E-state index in [4.69, 9.17) is 14.2 Å². The van der Waals surface area contributed by atoms with E-state index < -0.39 is 0 Å². The average molecular weight is 397 g/mol. The van der Waals surface area contributed by atoms with Crippen LogP contribution in [0.2, 0.25) is 0 Å². The first-order chi connectivity index (χ1) is 14.3. The van der Waals surface area contributed by atoms with Gasteiger partial charge < -0.3 is 19.1 Å². The Hall–Kier alpha value is -2.91. The van der Waals surface area contributed by atoms with Crippen molar-refractivity contribution in [2.75, 3.05) is 19.9 Å². The predicted molar refractivity (Wildman–Crippen MR) is 102 cm³/mol. The SMILES string of the molecule is O=C(C1CC(c2ccc3c(c2)OCO3)NN1)N1CCC(Oc2cccnn2)CC1. The van der Waals surface area contributed by atoms with Crippen LogP contribution in [0.4, 0.5) is 0 Å². The second-order valence-electron chi connectivity index (χ2n) is 7.45. The Morgan fingerprint density at radius 1 is 1.14 bits per heavy atom. The number of piperidine rings is 1. The van der Waals surface area contributed by atoms with Gasteiger partial charge >= 0.3 is 0 Å². The van der Waals surface area contributed by atoms with E-state index in [2.05, 4.69) is 21.0 Å². The molecule has 3 aliphatic rings. The highest BCUT2D eigenvalue weighted by molar-refractivity contribution is 5.82. The minimum absolute atomic E-state index is 0.0518. The van der Waals surface area contributed by atoms with Gasteiger partial charge in [0.1, 0.15) is 12.1 Å². The van der Waals surface area contributed by atoms with Crippen LogP contribution in [0.3, 0.4) is 0 Å². The molecule has 3 aliphatic heterocycles. The number of carbonyl (C=O) groups is 1. The zero-order valence-corrected chi connectivity index (χ0v) is 15.9. The fraction of sp³-hybridized carbons (Fsp3) is 0.450. The number of carbonyl (C=O) groups excluding carboxylic acids is 1. The second-order valence-corrected chi connectivity index (χ2v) is 7.45. The summed E-state index contributed by atoms with van der Waals surface area (Å²) in [6.07, 6.45) is 3.94. The van der Waals surface area contributed by atoms with Gasteiger partial charge in [-0.25, -0.2) is 10.9 Å². The first-order valence-electron chi connectivity index (χ1n) is 9.90. The Bertz CT molecular complexity index is 872. The van der Waals surface area contributed by atoms with Crippen LogP contribution in [-0.2, 0) is 4.79 Å². The standard InChI is InChI=1S/C20H23N5O4/c26-20(25-8-5-14(6-9-25)29-19-2-1-7-21-24-19)16-11-15(22-23-16)13-3-4-17-18(10-13)28-12-27-17/h1-4,7,10,14-16,22-23H,5-6,8-9,11-12H2. The Morgan fingerprint density at radius 3 is 2.83 bits per heavy atom. The first-order valence-corrected chi connectivity index (χ1v) is 9.90. The van der Waals surface area contributed by atoms with Crippen molar-refractivity contribution < 1.29 is 19.0 Å². The Kier molecular flexibility index (Phi) is 4.91. The molecule has 2 atom stereocenters.